The molecule has 0 aliphatic rings. The first-order valence-electron chi connectivity index (χ1n) is 2.50. The third-order valence-electron chi connectivity index (χ3n) is 0.788. The van der Waals surface area contributed by atoms with Crippen molar-refractivity contribution in [1.29, 1.82) is 0 Å². The van der Waals surface area contributed by atoms with Crippen molar-refractivity contribution in [2.24, 2.45) is 10.1 Å². The Morgan fingerprint density at radius 2 is 2.38 bits per heavy atom. The monoisotopic (exact) mass is 113 g/mol. The van der Waals surface area contributed by atoms with Gasteiger partial charge < -0.3 is 0 Å². The molecule has 0 N–H and O–H groups in total. The summed E-state index contributed by atoms with van der Waals surface area (Å²) in [5.74, 6) is 0. The van der Waals surface area contributed by atoms with Crippen LogP contribution in [0.25, 0.3) is 0 Å². The summed E-state index contributed by atoms with van der Waals surface area (Å²) in [5.41, 5.74) is 0. The summed E-state index contributed by atoms with van der Waals surface area (Å²) in [6, 6.07) is 0. The normalized spacial score (nSPS) is 9.75. The SMILES string of the molecule is C=NC=NN(C)CC. The predicted octanol–water partition coefficient (Wildman–Crippen LogP) is 0.582. The molecule has 46 valence electrons. The van der Waals surface area contributed by atoms with E-state index in [9.17, 15) is 0 Å². The Kier molecular flexibility index (Phi) is 3.84. The second-order valence-corrected chi connectivity index (χ2v) is 1.39. The average molecular weight is 113 g/mol. The van der Waals surface area contributed by atoms with Crippen molar-refractivity contribution in [3.8, 4) is 0 Å². The largest absolute Gasteiger partial charge is 0.299 e. The van der Waals surface area contributed by atoms with Crippen LogP contribution < -0.4 is 0 Å². The predicted molar refractivity (Wildman–Crippen MR) is 36.3 cm³/mol. The summed E-state index contributed by atoms with van der Waals surface area (Å²) in [6.07, 6.45) is 1.42. The van der Waals surface area contributed by atoms with Crippen LogP contribution in [0, 0.1) is 0 Å². The molecule has 0 radical (unpaired) electrons. The molecular formula is C5H11N3. The van der Waals surface area contributed by atoms with Gasteiger partial charge in [0.1, 0.15) is 6.34 Å². The summed E-state index contributed by atoms with van der Waals surface area (Å²) in [5, 5.41) is 5.61. The Morgan fingerprint density at radius 3 is 2.75 bits per heavy atom. The zero-order valence-corrected chi connectivity index (χ0v) is 5.33. The number of aliphatic imine (C=N–C) groups is 1. The number of hydrogen-bond acceptors (Lipinski definition) is 2. The van der Waals surface area contributed by atoms with Gasteiger partial charge in [0.15, 0.2) is 0 Å². The molecule has 0 unspecified atom stereocenters. The van der Waals surface area contributed by atoms with Crippen LogP contribution in [0.15, 0.2) is 10.1 Å². The van der Waals surface area contributed by atoms with Crippen LogP contribution in [-0.4, -0.2) is 31.7 Å². The smallest absolute Gasteiger partial charge is 0.134 e. The van der Waals surface area contributed by atoms with Crippen molar-refractivity contribution in [2.45, 2.75) is 6.92 Å². The first-order chi connectivity index (χ1) is 3.81. The van der Waals surface area contributed by atoms with Gasteiger partial charge in [0.05, 0.1) is 0 Å². The lowest BCUT2D eigenvalue weighted by molar-refractivity contribution is 0.377. The Hall–Kier alpha value is -0.860. The van der Waals surface area contributed by atoms with Crippen LogP contribution in [0.5, 0.6) is 0 Å². The number of rotatable bonds is 3. The lowest BCUT2D eigenvalue weighted by atomic mass is 10.7. The van der Waals surface area contributed by atoms with Crippen molar-refractivity contribution in [2.75, 3.05) is 13.6 Å². The van der Waals surface area contributed by atoms with Gasteiger partial charge in [0.2, 0.25) is 0 Å². The number of nitrogens with zero attached hydrogens (tertiary/aromatic N) is 3. The second kappa shape index (κ2) is 4.30. The summed E-state index contributed by atoms with van der Waals surface area (Å²) in [4.78, 5) is 3.44. The Balaban J connectivity index is 3.35. The molecule has 0 aromatic heterocycles. The fourth-order valence-corrected chi connectivity index (χ4v) is 0.206. The van der Waals surface area contributed by atoms with Crippen molar-refractivity contribution in [3.63, 3.8) is 0 Å². The molecular weight excluding hydrogens is 102 g/mol. The van der Waals surface area contributed by atoms with Crippen LogP contribution in [0.1, 0.15) is 6.92 Å². The van der Waals surface area contributed by atoms with Gasteiger partial charge in [-0.05, 0) is 13.6 Å². The van der Waals surface area contributed by atoms with Crippen LogP contribution in [-0.2, 0) is 0 Å². The topological polar surface area (TPSA) is 28.0 Å². The number of hydrazone groups is 1. The van der Waals surface area contributed by atoms with Gasteiger partial charge in [-0.25, -0.2) is 0 Å². The van der Waals surface area contributed by atoms with E-state index in [1.807, 2.05) is 14.0 Å². The van der Waals surface area contributed by atoms with Crippen LogP contribution in [0.3, 0.4) is 0 Å². The van der Waals surface area contributed by atoms with E-state index in [2.05, 4.69) is 16.8 Å². The lowest BCUT2D eigenvalue weighted by Crippen LogP contribution is -2.08. The average Bonchev–Trinajstić information content (AvgIpc) is 1.83. The van der Waals surface area contributed by atoms with Crippen LogP contribution in [0.4, 0.5) is 0 Å². The molecule has 0 aromatic carbocycles. The van der Waals surface area contributed by atoms with Crippen molar-refractivity contribution < 1.29 is 0 Å². The molecule has 0 saturated heterocycles. The summed E-state index contributed by atoms with van der Waals surface area (Å²) in [7, 11) is 1.88. The molecule has 0 spiro atoms. The molecule has 8 heavy (non-hydrogen) atoms. The van der Waals surface area contributed by atoms with Gasteiger partial charge in [-0.15, -0.1) is 0 Å². The first kappa shape index (κ1) is 7.14. The molecule has 0 atom stereocenters. The molecule has 0 aromatic rings. The quantitative estimate of drug-likeness (QED) is 0.299. The maximum atomic E-state index is 3.84. The third-order valence-corrected chi connectivity index (χ3v) is 0.788. The summed E-state index contributed by atoms with van der Waals surface area (Å²) < 4.78 is 0. The highest BCUT2D eigenvalue weighted by Crippen LogP contribution is 1.77. The molecule has 0 saturated carbocycles. The van der Waals surface area contributed by atoms with Crippen molar-refractivity contribution >= 4 is 13.1 Å². The van der Waals surface area contributed by atoms with Gasteiger partial charge >= 0.3 is 0 Å². The maximum absolute atomic E-state index is 3.84. The number of hydrogen-bond donors (Lipinski definition) is 0. The van der Waals surface area contributed by atoms with E-state index in [1.165, 1.54) is 6.34 Å². The summed E-state index contributed by atoms with van der Waals surface area (Å²) >= 11 is 0. The minimum Gasteiger partial charge on any atom is -0.299 e. The van der Waals surface area contributed by atoms with E-state index in [0.717, 1.165) is 6.54 Å². The van der Waals surface area contributed by atoms with Gasteiger partial charge in [-0.3, -0.25) is 10.0 Å². The second-order valence-electron chi connectivity index (χ2n) is 1.39. The van der Waals surface area contributed by atoms with E-state index < -0.39 is 0 Å². The molecule has 0 bridgehead atoms. The fraction of sp³-hybridized carbons (Fsp3) is 0.600. The zero-order chi connectivity index (χ0) is 6.41. The van der Waals surface area contributed by atoms with Gasteiger partial charge in [0.25, 0.3) is 0 Å². The van der Waals surface area contributed by atoms with E-state index in [0.29, 0.717) is 0 Å². The van der Waals surface area contributed by atoms with Crippen molar-refractivity contribution in [3.05, 3.63) is 0 Å². The fourth-order valence-electron chi connectivity index (χ4n) is 0.206. The molecule has 0 rings (SSSR count). The minimum atomic E-state index is 0.895. The van der Waals surface area contributed by atoms with Gasteiger partial charge in [-0.1, -0.05) is 0 Å². The van der Waals surface area contributed by atoms with Gasteiger partial charge in [-0.2, -0.15) is 5.10 Å². The lowest BCUT2D eigenvalue weighted by Gasteiger charge is -2.05. The molecule has 0 amide bonds. The standard InChI is InChI=1S/C5H11N3/c1-4-8(3)7-5-6-2/h5H,2,4H2,1,3H3. The summed E-state index contributed by atoms with van der Waals surface area (Å²) in [6.45, 7) is 6.15. The van der Waals surface area contributed by atoms with E-state index in [4.69, 9.17) is 0 Å². The third kappa shape index (κ3) is 3.33. The molecule has 3 nitrogen and oxygen atoms in total. The Labute approximate surface area is 49.7 Å². The van der Waals surface area contributed by atoms with E-state index in [1.54, 1.807) is 5.01 Å². The molecule has 0 heterocycles. The maximum Gasteiger partial charge on any atom is 0.134 e. The van der Waals surface area contributed by atoms with Crippen LogP contribution in [0.2, 0.25) is 0 Å². The molecule has 0 aliphatic heterocycles. The van der Waals surface area contributed by atoms with E-state index >= 15 is 0 Å². The van der Waals surface area contributed by atoms with Crippen LogP contribution >= 0.6 is 0 Å². The Bertz CT molecular complexity index is 87.7. The van der Waals surface area contributed by atoms with Gasteiger partial charge in [0, 0.05) is 13.6 Å². The molecule has 0 aliphatic carbocycles. The molecule has 3 heteroatoms. The van der Waals surface area contributed by atoms with E-state index in [-0.39, 0.29) is 0 Å². The van der Waals surface area contributed by atoms with Crippen molar-refractivity contribution in [1.82, 2.24) is 5.01 Å². The Morgan fingerprint density at radius 1 is 1.75 bits per heavy atom. The zero-order valence-electron chi connectivity index (χ0n) is 5.33. The first-order valence-corrected chi connectivity index (χ1v) is 2.50. The minimum absolute atomic E-state index is 0.895. The molecule has 0 fully saturated rings. The highest BCUT2D eigenvalue weighted by molar-refractivity contribution is 5.61. The highest BCUT2D eigenvalue weighted by atomic mass is 15.4. The highest BCUT2D eigenvalue weighted by Gasteiger charge is 1.78.